The van der Waals surface area contributed by atoms with Crippen molar-refractivity contribution in [2.24, 2.45) is 0 Å². The number of amides is 2. The first-order valence-electron chi connectivity index (χ1n) is 11.1. The maximum atomic E-state index is 13.1. The Labute approximate surface area is 209 Å². The molecule has 0 aromatic heterocycles. The number of nitrogens with zero attached hydrogens (tertiary/aromatic N) is 3. The molecule has 2 N–H and O–H groups in total. The highest BCUT2D eigenvalue weighted by Crippen LogP contribution is 2.35. The fourth-order valence-electron chi connectivity index (χ4n) is 4.18. The van der Waals surface area contributed by atoms with Crippen molar-refractivity contribution in [1.82, 2.24) is 14.5 Å². The van der Waals surface area contributed by atoms with Crippen molar-refractivity contribution in [1.29, 1.82) is 0 Å². The summed E-state index contributed by atoms with van der Waals surface area (Å²) < 4.78 is 27.4. The lowest BCUT2D eigenvalue weighted by molar-refractivity contribution is -0.384. The van der Waals surface area contributed by atoms with Crippen LogP contribution in [0.5, 0.6) is 0 Å². The number of aryl methyl sites for hydroxylation is 2. The summed E-state index contributed by atoms with van der Waals surface area (Å²) in [7, 11) is -2.34. The Balaban J connectivity index is 1.87. The Bertz CT molecular complexity index is 1350. The topological polar surface area (TPSA) is 150 Å². The summed E-state index contributed by atoms with van der Waals surface area (Å²) in [6.45, 7) is 5.04. The number of sulfonamides is 1. The first kappa shape index (κ1) is 26.8. The third-order valence-electron chi connectivity index (χ3n) is 6.08. The van der Waals surface area contributed by atoms with Gasteiger partial charge in [-0.05, 0) is 49.9 Å². The minimum Gasteiger partial charge on any atom is -0.478 e. The number of aliphatic carboxylic acids is 1. The van der Waals surface area contributed by atoms with Crippen LogP contribution in [0.1, 0.15) is 36.1 Å². The predicted octanol–water partition coefficient (Wildman–Crippen LogP) is 3.35. The van der Waals surface area contributed by atoms with E-state index in [4.69, 9.17) is 0 Å². The molecule has 2 amide bonds. The smallest absolute Gasteiger partial charge is 0.335 e. The van der Waals surface area contributed by atoms with Crippen molar-refractivity contribution in [2.45, 2.75) is 38.1 Å². The van der Waals surface area contributed by atoms with Gasteiger partial charge in [-0.3, -0.25) is 10.1 Å². The number of nitrogens with one attached hydrogen (secondary N) is 1. The Morgan fingerprint density at radius 1 is 1.19 bits per heavy atom. The van der Waals surface area contributed by atoms with Crippen LogP contribution in [0.3, 0.4) is 0 Å². The Kier molecular flexibility index (Phi) is 7.80. The fourth-order valence-corrected chi connectivity index (χ4v) is 5.69. The number of benzene rings is 2. The Morgan fingerprint density at radius 3 is 2.53 bits per heavy atom. The van der Waals surface area contributed by atoms with Crippen LogP contribution < -0.4 is 5.32 Å². The maximum absolute atomic E-state index is 13.1. The van der Waals surface area contributed by atoms with Crippen molar-refractivity contribution in [3.05, 3.63) is 80.5 Å². The second kappa shape index (κ2) is 10.5. The van der Waals surface area contributed by atoms with E-state index in [0.717, 1.165) is 5.56 Å². The van der Waals surface area contributed by atoms with Crippen LogP contribution in [0.4, 0.5) is 10.5 Å². The number of nitro groups is 1. The van der Waals surface area contributed by atoms with Crippen molar-refractivity contribution in [3.63, 3.8) is 0 Å². The molecule has 1 aliphatic rings. The second-order valence-corrected chi connectivity index (χ2v) is 10.7. The molecular formula is C24H28N4O7S. The summed E-state index contributed by atoms with van der Waals surface area (Å²) in [6, 6.07) is 8.97. The average molecular weight is 517 g/mol. The zero-order valence-electron chi connectivity index (χ0n) is 20.4. The van der Waals surface area contributed by atoms with Crippen LogP contribution in [0.25, 0.3) is 0 Å². The van der Waals surface area contributed by atoms with Gasteiger partial charge in [0.25, 0.3) is 5.69 Å². The molecule has 3 rings (SSSR count). The van der Waals surface area contributed by atoms with Gasteiger partial charge >= 0.3 is 12.0 Å². The van der Waals surface area contributed by atoms with Crippen molar-refractivity contribution in [3.8, 4) is 0 Å². The number of allylic oxidation sites excluding steroid dienone is 1. The molecule has 0 saturated heterocycles. The zero-order chi connectivity index (χ0) is 26.8. The Hall–Kier alpha value is -3.77. The second-order valence-electron chi connectivity index (χ2n) is 8.67. The van der Waals surface area contributed by atoms with E-state index in [1.165, 1.54) is 47.4 Å². The SMILES string of the molecule is CC1=C(C(=O)O)C(c2cccc([N+](=O)[O-])c2)N(CCCN(C)S(=O)(=O)c2cc(C)ccc2C)C(=O)N1. The highest BCUT2D eigenvalue weighted by Gasteiger charge is 2.38. The molecule has 1 heterocycles. The molecule has 36 heavy (non-hydrogen) atoms. The van der Waals surface area contributed by atoms with Crippen LogP contribution in [-0.4, -0.2) is 59.8 Å². The van der Waals surface area contributed by atoms with E-state index in [1.54, 1.807) is 26.0 Å². The van der Waals surface area contributed by atoms with E-state index in [-0.39, 0.29) is 46.9 Å². The first-order chi connectivity index (χ1) is 16.8. The number of carbonyl (C=O) groups excluding carboxylic acids is 1. The summed E-state index contributed by atoms with van der Waals surface area (Å²) in [5.74, 6) is -1.27. The number of hydrogen-bond acceptors (Lipinski definition) is 6. The number of rotatable bonds is 9. The van der Waals surface area contributed by atoms with Gasteiger partial charge in [-0.1, -0.05) is 24.3 Å². The van der Waals surface area contributed by atoms with Crippen LogP contribution in [0.2, 0.25) is 0 Å². The van der Waals surface area contributed by atoms with E-state index in [0.29, 0.717) is 5.56 Å². The van der Waals surface area contributed by atoms with E-state index in [1.807, 2.05) is 6.07 Å². The van der Waals surface area contributed by atoms with Crippen molar-refractivity contribution >= 4 is 27.7 Å². The molecule has 1 aliphatic heterocycles. The van der Waals surface area contributed by atoms with Gasteiger partial charge in [0.2, 0.25) is 10.0 Å². The molecule has 12 heteroatoms. The minimum atomic E-state index is -3.79. The van der Waals surface area contributed by atoms with Crippen LogP contribution in [0.15, 0.2) is 58.6 Å². The molecule has 1 atom stereocenters. The van der Waals surface area contributed by atoms with Crippen molar-refractivity contribution < 1.29 is 28.0 Å². The lowest BCUT2D eigenvalue weighted by atomic mass is 9.93. The molecule has 0 saturated carbocycles. The number of nitro benzene ring substituents is 1. The number of carboxylic acids is 1. The molecule has 0 bridgehead atoms. The predicted molar refractivity (Wildman–Crippen MR) is 132 cm³/mol. The number of urea groups is 1. The van der Waals surface area contributed by atoms with Gasteiger partial charge in [0.15, 0.2) is 0 Å². The van der Waals surface area contributed by atoms with E-state index < -0.39 is 33.0 Å². The molecule has 192 valence electrons. The van der Waals surface area contributed by atoms with E-state index in [9.17, 15) is 33.2 Å². The third kappa shape index (κ3) is 5.39. The normalized spacial score (nSPS) is 16.3. The zero-order valence-corrected chi connectivity index (χ0v) is 21.2. The lowest BCUT2D eigenvalue weighted by Gasteiger charge is -2.37. The van der Waals surface area contributed by atoms with Gasteiger partial charge in [-0.15, -0.1) is 0 Å². The third-order valence-corrected chi connectivity index (χ3v) is 8.07. The number of carboxylic acid groups (broad SMARTS) is 1. The summed E-state index contributed by atoms with van der Waals surface area (Å²) in [4.78, 5) is 37.1. The summed E-state index contributed by atoms with van der Waals surface area (Å²) in [6.07, 6.45) is 0.200. The fraction of sp³-hybridized carbons (Fsp3) is 0.333. The summed E-state index contributed by atoms with van der Waals surface area (Å²) in [5, 5.41) is 23.7. The molecule has 0 fully saturated rings. The number of carbonyl (C=O) groups is 2. The molecule has 0 spiro atoms. The van der Waals surface area contributed by atoms with E-state index in [2.05, 4.69) is 5.32 Å². The summed E-state index contributed by atoms with van der Waals surface area (Å²) >= 11 is 0. The molecule has 11 nitrogen and oxygen atoms in total. The Morgan fingerprint density at radius 2 is 1.89 bits per heavy atom. The quantitative estimate of drug-likeness (QED) is 0.383. The van der Waals surface area contributed by atoms with Crippen LogP contribution >= 0.6 is 0 Å². The van der Waals surface area contributed by atoms with Gasteiger partial charge in [-0.2, -0.15) is 0 Å². The maximum Gasteiger partial charge on any atom is 0.335 e. The van der Waals surface area contributed by atoms with Gasteiger partial charge < -0.3 is 15.3 Å². The highest BCUT2D eigenvalue weighted by atomic mass is 32.2. The lowest BCUT2D eigenvalue weighted by Crippen LogP contribution is -2.49. The van der Waals surface area contributed by atoms with Gasteiger partial charge in [0, 0.05) is 38.0 Å². The molecule has 1 unspecified atom stereocenters. The van der Waals surface area contributed by atoms with Crippen molar-refractivity contribution in [2.75, 3.05) is 20.1 Å². The number of hydrogen-bond donors (Lipinski definition) is 2. The monoisotopic (exact) mass is 516 g/mol. The van der Waals surface area contributed by atoms with Crippen LogP contribution in [-0.2, 0) is 14.8 Å². The molecule has 2 aromatic rings. The molecular weight excluding hydrogens is 488 g/mol. The summed E-state index contributed by atoms with van der Waals surface area (Å²) in [5.41, 5.74) is 1.47. The number of non-ortho nitro benzene ring substituents is 1. The average Bonchev–Trinajstić information content (AvgIpc) is 2.81. The standard InChI is InChI=1S/C24H28N4O7S/c1-15-9-10-16(2)20(13-15)36(34,35)26(4)11-6-12-27-22(18-7-5-8-19(14-18)28(32)33)21(23(29)30)17(3)25-24(27)31/h5,7-10,13-14,22H,6,11-12H2,1-4H3,(H,25,31)(H,29,30). The van der Waals surface area contributed by atoms with Gasteiger partial charge in [-0.25, -0.2) is 22.3 Å². The molecule has 0 radical (unpaired) electrons. The highest BCUT2D eigenvalue weighted by molar-refractivity contribution is 7.89. The molecule has 2 aromatic carbocycles. The van der Waals surface area contributed by atoms with E-state index >= 15 is 0 Å². The minimum absolute atomic E-state index is 0.00983. The molecule has 0 aliphatic carbocycles. The van der Waals surface area contributed by atoms with Gasteiger partial charge in [0.05, 0.1) is 21.4 Å². The first-order valence-corrected chi connectivity index (χ1v) is 12.6. The largest absolute Gasteiger partial charge is 0.478 e. The van der Waals surface area contributed by atoms with Crippen LogP contribution in [0, 0.1) is 24.0 Å². The van der Waals surface area contributed by atoms with Gasteiger partial charge in [0.1, 0.15) is 0 Å².